The molecule has 4 heteroatoms. The van der Waals surface area contributed by atoms with Crippen LogP contribution in [0.2, 0.25) is 0 Å². The lowest BCUT2D eigenvalue weighted by molar-refractivity contribution is -0.123. The Labute approximate surface area is 367 Å². The molecule has 0 fully saturated rings. The molecule has 1 amide bonds. The fourth-order valence-electron chi connectivity index (χ4n) is 7.26. The first kappa shape index (κ1) is 56.6. The van der Waals surface area contributed by atoms with Gasteiger partial charge in [0.1, 0.15) is 0 Å². The van der Waals surface area contributed by atoms with E-state index in [1.54, 1.807) is 6.08 Å². The maximum Gasteiger partial charge on any atom is 0.220 e. The van der Waals surface area contributed by atoms with Gasteiger partial charge in [-0.25, -0.2) is 0 Å². The number of hydrogen-bond acceptors (Lipinski definition) is 3. The van der Waals surface area contributed by atoms with E-state index in [0.717, 1.165) is 77.0 Å². The lowest BCUT2D eigenvalue weighted by atomic mass is 10.0. The highest BCUT2D eigenvalue weighted by Crippen LogP contribution is 2.15. The van der Waals surface area contributed by atoms with E-state index in [9.17, 15) is 15.0 Å². The highest BCUT2D eigenvalue weighted by atomic mass is 16.3. The van der Waals surface area contributed by atoms with Crippen molar-refractivity contribution in [1.82, 2.24) is 5.32 Å². The van der Waals surface area contributed by atoms with Gasteiger partial charge in [0.15, 0.2) is 0 Å². The fourth-order valence-corrected chi connectivity index (χ4v) is 7.26. The number of hydrogen-bond donors (Lipinski definition) is 3. The van der Waals surface area contributed by atoms with Crippen LogP contribution in [-0.2, 0) is 4.79 Å². The standard InChI is InChI=1S/C55H97NO3/c1-3-5-7-9-11-13-15-17-19-21-23-24-25-26-27-28-29-30-31-33-34-36-38-40-42-44-46-48-50-54(58)53(52-57)56-55(59)51-49-47-45-43-41-39-37-35-32-22-20-18-16-14-12-10-8-6-4-2/h6,8,12,14,18,20,32-35,40,42,48,50,53-54,57-58H,3-5,7,9-11,13,15-17,19,21-31,36-39,41,43-47,49,51-52H2,1-2H3,(H,56,59)/b8-6-,14-12-,20-18-,34-33+,35-32-,42-40+,50-48+. The van der Waals surface area contributed by atoms with Crippen LogP contribution in [0.25, 0.3) is 0 Å². The average molecular weight is 820 g/mol. The van der Waals surface area contributed by atoms with Crippen LogP contribution in [0, 0.1) is 0 Å². The molecule has 0 aliphatic heterocycles. The summed E-state index contributed by atoms with van der Waals surface area (Å²) in [5.41, 5.74) is 0. The molecule has 0 bridgehead atoms. The predicted molar refractivity (Wildman–Crippen MR) is 262 cm³/mol. The SMILES string of the molecule is CC/C=C\C/C=C\C/C=C\C/C=C\CCCCCCCCC(=O)NC(CO)C(O)/C=C/CC/C=C/CC/C=C/CCCCCCCCCCCCCCCCCCCC. The Hall–Kier alpha value is -2.43. The minimum Gasteiger partial charge on any atom is -0.394 e. The number of aliphatic hydroxyl groups excluding tert-OH is 2. The molecule has 2 atom stereocenters. The van der Waals surface area contributed by atoms with Crippen molar-refractivity contribution in [3.63, 3.8) is 0 Å². The number of rotatable bonds is 45. The van der Waals surface area contributed by atoms with Crippen LogP contribution in [0.1, 0.15) is 239 Å². The van der Waals surface area contributed by atoms with E-state index in [0.29, 0.717) is 6.42 Å². The van der Waals surface area contributed by atoms with Crippen molar-refractivity contribution in [2.24, 2.45) is 0 Å². The number of carbonyl (C=O) groups is 1. The molecule has 4 nitrogen and oxygen atoms in total. The normalized spacial score (nSPS) is 13.6. The number of allylic oxidation sites excluding steroid dienone is 13. The van der Waals surface area contributed by atoms with Gasteiger partial charge in [-0.3, -0.25) is 4.79 Å². The first-order chi connectivity index (χ1) is 29.2. The van der Waals surface area contributed by atoms with Crippen molar-refractivity contribution in [2.75, 3.05) is 6.61 Å². The summed E-state index contributed by atoms with van der Waals surface area (Å²) < 4.78 is 0. The number of nitrogens with one attached hydrogen (secondary N) is 1. The molecule has 0 radical (unpaired) electrons. The minimum atomic E-state index is -0.882. The van der Waals surface area contributed by atoms with E-state index in [1.807, 2.05) is 6.08 Å². The molecule has 2 unspecified atom stereocenters. The van der Waals surface area contributed by atoms with Gasteiger partial charge in [0, 0.05) is 6.42 Å². The molecule has 0 aromatic heterocycles. The van der Waals surface area contributed by atoms with Crippen LogP contribution in [-0.4, -0.2) is 34.9 Å². The largest absolute Gasteiger partial charge is 0.394 e. The third-order valence-corrected chi connectivity index (χ3v) is 11.1. The van der Waals surface area contributed by atoms with Crippen LogP contribution in [0.15, 0.2) is 85.1 Å². The van der Waals surface area contributed by atoms with E-state index >= 15 is 0 Å². The van der Waals surface area contributed by atoms with Gasteiger partial charge in [-0.2, -0.15) is 0 Å². The summed E-state index contributed by atoms with van der Waals surface area (Å²) in [5.74, 6) is -0.0942. The monoisotopic (exact) mass is 820 g/mol. The molecular formula is C55H97NO3. The third-order valence-electron chi connectivity index (χ3n) is 11.1. The molecule has 0 aromatic carbocycles. The molecule has 0 saturated carbocycles. The van der Waals surface area contributed by atoms with Crippen molar-refractivity contribution >= 4 is 5.91 Å². The molecule has 0 rings (SSSR count). The maximum atomic E-state index is 12.4. The van der Waals surface area contributed by atoms with Crippen molar-refractivity contribution < 1.29 is 15.0 Å². The lowest BCUT2D eigenvalue weighted by Crippen LogP contribution is -2.45. The van der Waals surface area contributed by atoms with E-state index in [4.69, 9.17) is 0 Å². The molecule has 340 valence electrons. The summed E-state index contributed by atoms with van der Waals surface area (Å²) in [6.07, 6.45) is 72.9. The van der Waals surface area contributed by atoms with Crippen LogP contribution >= 0.6 is 0 Å². The molecule has 0 spiro atoms. The van der Waals surface area contributed by atoms with E-state index in [2.05, 4.69) is 92.1 Å². The number of carbonyl (C=O) groups excluding carboxylic acids is 1. The molecule has 0 aliphatic rings. The Bertz CT molecular complexity index is 1070. The van der Waals surface area contributed by atoms with Gasteiger partial charge < -0.3 is 15.5 Å². The molecule has 0 aliphatic carbocycles. The zero-order chi connectivity index (χ0) is 42.8. The van der Waals surface area contributed by atoms with Crippen molar-refractivity contribution in [3.05, 3.63) is 85.1 Å². The van der Waals surface area contributed by atoms with Gasteiger partial charge in [0.25, 0.3) is 0 Å². The summed E-state index contributed by atoms with van der Waals surface area (Å²) in [5, 5.41) is 23.1. The van der Waals surface area contributed by atoms with Gasteiger partial charge in [-0.15, -0.1) is 0 Å². The van der Waals surface area contributed by atoms with Crippen molar-refractivity contribution in [1.29, 1.82) is 0 Å². The van der Waals surface area contributed by atoms with Gasteiger partial charge >= 0.3 is 0 Å². The first-order valence-corrected chi connectivity index (χ1v) is 25.3. The lowest BCUT2D eigenvalue weighted by Gasteiger charge is -2.19. The second-order valence-electron chi connectivity index (χ2n) is 16.8. The quantitative estimate of drug-likeness (QED) is 0.0423. The zero-order valence-electron chi connectivity index (χ0n) is 39.0. The summed E-state index contributed by atoms with van der Waals surface area (Å²) >= 11 is 0. The zero-order valence-corrected chi connectivity index (χ0v) is 39.0. The van der Waals surface area contributed by atoms with Crippen LogP contribution in [0.4, 0.5) is 0 Å². The van der Waals surface area contributed by atoms with E-state index in [-0.39, 0.29) is 12.5 Å². The predicted octanol–water partition coefficient (Wildman–Crippen LogP) is 16.4. The fraction of sp³-hybridized carbons (Fsp3) is 0.727. The second-order valence-corrected chi connectivity index (χ2v) is 16.8. The van der Waals surface area contributed by atoms with Crippen LogP contribution in [0.3, 0.4) is 0 Å². The first-order valence-electron chi connectivity index (χ1n) is 25.3. The average Bonchev–Trinajstić information content (AvgIpc) is 3.24. The Morgan fingerprint density at radius 1 is 0.424 bits per heavy atom. The van der Waals surface area contributed by atoms with Gasteiger partial charge in [-0.05, 0) is 83.5 Å². The summed E-state index contributed by atoms with van der Waals surface area (Å²) in [7, 11) is 0. The molecular weight excluding hydrogens is 723 g/mol. The van der Waals surface area contributed by atoms with Crippen molar-refractivity contribution in [3.8, 4) is 0 Å². The molecule has 3 N–H and O–H groups in total. The topological polar surface area (TPSA) is 69.6 Å². The van der Waals surface area contributed by atoms with Gasteiger partial charge in [0.2, 0.25) is 5.91 Å². The summed E-state index contributed by atoms with van der Waals surface area (Å²) in [6, 6.07) is -0.659. The van der Waals surface area contributed by atoms with E-state index in [1.165, 1.54) is 141 Å². The minimum absolute atomic E-state index is 0.0942. The number of unbranched alkanes of at least 4 members (excludes halogenated alkanes) is 26. The van der Waals surface area contributed by atoms with Gasteiger partial charge in [-0.1, -0.05) is 234 Å². The number of aliphatic hydroxyl groups is 2. The second kappa shape index (κ2) is 49.9. The molecule has 0 heterocycles. The molecule has 59 heavy (non-hydrogen) atoms. The Kier molecular flexibility index (Phi) is 47.9. The summed E-state index contributed by atoms with van der Waals surface area (Å²) in [6.45, 7) is 4.18. The summed E-state index contributed by atoms with van der Waals surface area (Å²) in [4.78, 5) is 12.4. The smallest absolute Gasteiger partial charge is 0.220 e. The Morgan fingerprint density at radius 2 is 0.763 bits per heavy atom. The van der Waals surface area contributed by atoms with Gasteiger partial charge in [0.05, 0.1) is 18.8 Å². The molecule has 0 saturated heterocycles. The van der Waals surface area contributed by atoms with Crippen LogP contribution in [0.5, 0.6) is 0 Å². The highest BCUT2D eigenvalue weighted by molar-refractivity contribution is 5.76. The third kappa shape index (κ3) is 46.5. The van der Waals surface area contributed by atoms with Crippen molar-refractivity contribution in [2.45, 2.75) is 251 Å². The maximum absolute atomic E-state index is 12.4. The van der Waals surface area contributed by atoms with E-state index < -0.39 is 12.1 Å². The Morgan fingerprint density at radius 3 is 1.19 bits per heavy atom. The number of amides is 1. The Balaban J connectivity index is 3.63. The molecule has 0 aromatic rings. The van der Waals surface area contributed by atoms with Crippen LogP contribution < -0.4 is 5.32 Å². The highest BCUT2D eigenvalue weighted by Gasteiger charge is 2.17.